The van der Waals surface area contributed by atoms with Crippen LogP contribution in [0.25, 0.3) is 0 Å². The number of aryl methyl sites for hydroxylation is 1. The molecule has 4 heteroatoms. The number of hydrogen-bond donors (Lipinski definition) is 1. The summed E-state index contributed by atoms with van der Waals surface area (Å²) in [5.41, 5.74) is 2.41. The molecule has 0 bridgehead atoms. The molecule has 2 rings (SSSR count). The van der Waals surface area contributed by atoms with Crippen LogP contribution < -0.4 is 10.1 Å². The van der Waals surface area contributed by atoms with Crippen LogP contribution in [0.5, 0.6) is 5.75 Å². The molecular formula is C17H22ClNOS. The Morgan fingerprint density at radius 2 is 2.10 bits per heavy atom. The van der Waals surface area contributed by atoms with Gasteiger partial charge in [-0.05, 0) is 50.6 Å². The Morgan fingerprint density at radius 3 is 2.76 bits per heavy atom. The predicted octanol–water partition coefficient (Wildman–Crippen LogP) is 5.35. The Hall–Kier alpha value is -1.03. The molecular weight excluding hydrogens is 302 g/mol. The normalized spacial score (nSPS) is 12.4. The molecule has 0 aliphatic rings. The fraction of sp³-hybridized carbons (Fsp3) is 0.412. The molecule has 114 valence electrons. The zero-order valence-corrected chi connectivity index (χ0v) is 14.4. The maximum atomic E-state index is 6.03. The van der Waals surface area contributed by atoms with Crippen LogP contribution in [0.15, 0.2) is 30.3 Å². The van der Waals surface area contributed by atoms with Crippen molar-refractivity contribution < 1.29 is 4.74 Å². The lowest BCUT2D eigenvalue weighted by molar-refractivity contribution is 0.303. The third-order valence-electron chi connectivity index (χ3n) is 3.33. The highest BCUT2D eigenvalue weighted by Gasteiger charge is 2.12. The Bertz CT molecular complexity index is 582. The maximum absolute atomic E-state index is 6.03. The SMILES string of the molecule is CCCNC(C)c1ccc(C)cc1OCc1ccc(Cl)s1. The second-order valence-corrected chi connectivity index (χ2v) is 7.01. The van der Waals surface area contributed by atoms with Crippen LogP contribution >= 0.6 is 22.9 Å². The van der Waals surface area contributed by atoms with Gasteiger partial charge in [-0.3, -0.25) is 0 Å². The molecule has 1 atom stereocenters. The molecule has 0 amide bonds. The summed E-state index contributed by atoms with van der Waals surface area (Å²) in [6.07, 6.45) is 1.13. The fourth-order valence-corrected chi connectivity index (χ4v) is 3.17. The third-order valence-corrected chi connectivity index (χ3v) is 4.54. The van der Waals surface area contributed by atoms with E-state index < -0.39 is 0 Å². The summed E-state index contributed by atoms with van der Waals surface area (Å²) in [6, 6.07) is 10.6. The monoisotopic (exact) mass is 323 g/mol. The minimum absolute atomic E-state index is 0.285. The van der Waals surface area contributed by atoms with Gasteiger partial charge in [0.05, 0.1) is 4.34 Å². The Kier molecular flexibility index (Phi) is 6.09. The highest BCUT2D eigenvalue weighted by atomic mass is 35.5. The Labute approximate surface area is 136 Å². The van der Waals surface area contributed by atoms with Crippen molar-refractivity contribution in [1.82, 2.24) is 5.32 Å². The fourth-order valence-electron chi connectivity index (χ4n) is 2.17. The molecule has 0 aliphatic carbocycles. The van der Waals surface area contributed by atoms with Crippen LogP contribution in [0.3, 0.4) is 0 Å². The summed E-state index contributed by atoms with van der Waals surface area (Å²) >= 11 is 7.52. The van der Waals surface area contributed by atoms with Gasteiger partial charge in [-0.1, -0.05) is 30.7 Å². The summed E-state index contributed by atoms with van der Waals surface area (Å²) in [5.74, 6) is 0.954. The minimum Gasteiger partial charge on any atom is -0.488 e. The second-order valence-electron chi connectivity index (χ2n) is 5.21. The standard InChI is InChI=1S/C17H22ClNOS/c1-4-9-19-13(3)15-7-5-12(2)10-16(15)20-11-14-6-8-17(18)21-14/h5-8,10,13,19H,4,9,11H2,1-3H3. The van der Waals surface area contributed by atoms with E-state index in [0.717, 1.165) is 27.9 Å². The van der Waals surface area contributed by atoms with Crippen molar-refractivity contribution in [1.29, 1.82) is 0 Å². The Balaban J connectivity index is 2.10. The van der Waals surface area contributed by atoms with E-state index in [1.165, 1.54) is 11.1 Å². The number of benzene rings is 1. The van der Waals surface area contributed by atoms with E-state index in [1.807, 2.05) is 12.1 Å². The largest absolute Gasteiger partial charge is 0.488 e. The highest BCUT2D eigenvalue weighted by molar-refractivity contribution is 7.16. The van der Waals surface area contributed by atoms with Gasteiger partial charge < -0.3 is 10.1 Å². The topological polar surface area (TPSA) is 21.3 Å². The third kappa shape index (κ3) is 4.73. The maximum Gasteiger partial charge on any atom is 0.124 e. The molecule has 0 fully saturated rings. The molecule has 0 radical (unpaired) electrons. The van der Waals surface area contributed by atoms with Crippen molar-refractivity contribution in [2.24, 2.45) is 0 Å². The molecule has 0 aliphatic heterocycles. The molecule has 2 aromatic rings. The van der Waals surface area contributed by atoms with Crippen molar-refractivity contribution >= 4 is 22.9 Å². The summed E-state index contributed by atoms with van der Waals surface area (Å²) in [5, 5.41) is 3.51. The number of halogens is 1. The van der Waals surface area contributed by atoms with Crippen molar-refractivity contribution in [2.45, 2.75) is 39.8 Å². The van der Waals surface area contributed by atoms with Crippen molar-refractivity contribution in [2.75, 3.05) is 6.54 Å². The molecule has 1 aromatic carbocycles. The van der Waals surface area contributed by atoms with E-state index in [-0.39, 0.29) is 6.04 Å². The molecule has 21 heavy (non-hydrogen) atoms. The van der Waals surface area contributed by atoms with Gasteiger partial charge in [-0.25, -0.2) is 0 Å². The average molecular weight is 324 g/mol. The molecule has 1 aromatic heterocycles. The van der Waals surface area contributed by atoms with Gasteiger partial charge in [0.2, 0.25) is 0 Å². The van der Waals surface area contributed by atoms with E-state index in [0.29, 0.717) is 6.61 Å². The smallest absolute Gasteiger partial charge is 0.124 e. The van der Waals surface area contributed by atoms with Crippen molar-refractivity contribution in [3.63, 3.8) is 0 Å². The van der Waals surface area contributed by atoms with E-state index in [4.69, 9.17) is 16.3 Å². The van der Waals surface area contributed by atoms with Crippen LogP contribution in [0, 0.1) is 6.92 Å². The van der Waals surface area contributed by atoms with Gasteiger partial charge in [0.25, 0.3) is 0 Å². The van der Waals surface area contributed by atoms with Gasteiger partial charge in [-0.15, -0.1) is 11.3 Å². The number of hydrogen-bond acceptors (Lipinski definition) is 3. The van der Waals surface area contributed by atoms with Crippen LogP contribution in [-0.4, -0.2) is 6.54 Å². The van der Waals surface area contributed by atoms with Gasteiger partial charge in [-0.2, -0.15) is 0 Å². The van der Waals surface area contributed by atoms with E-state index in [1.54, 1.807) is 11.3 Å². The molecule has 1 N–H and O–H groups in total. The minimum atomic E-state index is 0.285. The lowest BCUT2D eigenvalue weighted by Crippen LogP contribution is -2.20. The lowest BCUT2D eigenvalue weighted by Gasteiger charge is -2.18. The molecule has 1 unspecified atom stereocenters. The lowest BCUT2D eigenvalue weighted by atomic mass is 10.0. The van der Waals surface area contributed by atoms with Crippen molar-refractivity contribution in [3.05, 3.63) is 50.7 Å². The second kappa shape index (κ2) is 7.83. The average Bonchev–Trinajstić information content (AvgIpc) is 2.88. The molecule has 1 heterocycles. The first kappa shape index (κ1) is 16.3. The number of nitrogens with one attached hydrogen (secondary N) is 1. The van der Waals surface area contributed by atoms with Gasteiger partial charge in [0.15, 0.2) is 0 Å². The van der Waals surface area contributed by atoms with E-state index >= 15 is 0 Å². The first-order valence-corrected chi connectivity index (χ1v) is 8.50. The van der Waals surface area contributed by atoms with Crippen LogP contribution in [0.1, 0.15) is 42.3 Å². The Morgan fingerprint density at radius 1 is 1.29 bits per heavy atom. The number of thiophene rings is 1. The summed E-state index contributed by atoms with van der Waals surface area (Å²) in [6.45, 7) is 8.01. The van der Waals surface area contributed by atoms with Crippen LogP contribution in [0.2, 0.25) is 4.34 Å². The molecule has 0 spiro atoms. The zero-order chi connectivity index (χ0) is 15.2. The first-order valence-electron chi connectivity index (χ1n) is 7.31. The van der Waals surface area contributed by atoms with Gasteiger partial charge in [0.1, 0.15) is 12.4 Å². The summed E-state index contributed by atoms with van der Waals surface area (Å²) in [4.78, 5) is 1.14. The van der Waals surface area contributed by atoms with Crippen LogP contribution in [0.4, 0.5) is 0 Å². The van der Waals surface area contributed by atoms with Gasteiger partial charge in [0, 0.05) is 16.5 Å². The van der Waals surface area contributed by atoms with E-state index in [2.05, 4.69) is 44.3 Å². The molecule has 0 saturated heterocycles. The summed E-state index contributed by atoms with van der Waals surface area (Å²) in [7, 11) is 0. The number of ether oxygens (including phenoxy) is 1. The van der Waals surface area contributed by atoms with Crippen LogP contribution in [-0.2, 0) is 6.61 Å². The van der Waals surface area contributed by atoms with Gasteiger partial charge >= 0.3 is 0 Å². The number of rotatable bonds is 7. The zero-order valence-electron chi connectivity index (χ0n) is 12.8. The summed E-state index contributed by atoms with van der Waals surface area (Å²) < 4.78 is 6.83. The quantitative estimate of drug-likeness (QED) is 0.741. The van der Waals surface area contributed by atoms with E-state index in [9.17, 15) is 0 Å². The van der Waals surface area contributed by atoms with Crippen molar-refractivity contribution in [3.8, 4) is 5.75 Å². The molecule has 2 nitrogen and oxygen atoms in total. The predicted molar refractivity (Wildman–Crippen MR) is 91.5 cm³/mol. The first-order chi connectivity index (χ1) is 10.1. The molecule has 0 saturated carbocycles. The highest BCUT2D eigenvalue weighted by Crippen LogP contribution is 2.29.